The van der Waals surface area contributed by atoms with Crippen LogP contribution in [0, 0.1) is 0 Å². The Morgan fingerprint density at radius 3 is 2.25 bits per heavy atom. The van der Waals surface area contributed by atoms with Gasteiger partial charge in [-0.15, -0.1) is 0 Å². The summed E-state index contributed by atoms with van der Waals surface area (Å²) in [6, 6.07) is 18.7. The van der Waals surface area contributed by atoms with Gasteiger partial charge in [0.05, 0.1) is 0 Å². The molecule has 0 aliphatic rings. The Balaban J connectivity index is 2.05. The number of hydrogen-bond acceptors (Lipinski definition) is 2. The van der Waals surface area contributed by atoms with Crippen LogP contribution in [0.4, 0.5) is 0 Å². The third-order valence-electron chi connectivity index (χ3n) is 4.20. The number of unbranched alkanes of at least 4 members (excludes halogenated alkanes) is 3. The van der Waals surface area contributed by atoms with Gasteiger partial charge in [-0.3, -0.25) is 9.59 Å². The highest BCUT2D eigenvalue weighted by Gasteiger charge is 2.13. The van der Waals surface area contributed by atoms with Crippen LogP contribution < -0.4 is 10.6 Å². The van der Waals surface area contributed by atoms with Gasteiger partial charge in [0.1, 0.15) is 5.70 Å². The van der Waals surface area contributed by atoms with E-state index in [2.05, 4.69) is 17.6 Å². The van der Waals surface area contributed by atoms with Gasteiger partial charge in [0.15, 0.2) is 0 Å². The Morgan fingerprint density at radius 2 is 1.57 bits per heavy atom. The average Bonchev–Trinajstić information content (AvgIpc) is 2.74. The maximum atomic E-state index is 12.6. The molecule has 4 nitrogen and oxygen atoms in total. The Kier molecular flexibility index (Phi) is 9.28. The van der Waals surface area contributed by atoms with Gasteiger partial charge in [-0.2, -0.15) is 0 Å². The van der Waals surface area contributed by atoms with E-state index in [0.717, 1.165) is 31.2 Å². The monoisotopic (exact) mass is 376 g/mol. The summed E-state index contributed by atoms with van der Waals surface area (Å²) in [6.45, 7) is 2.75. The van der Waals surface area contributed by atoms with Crippen molar-refractivity contribution in [1.29, 1.82) is 0 Å². The first-order chi connectivity index (χ1) is 13.7. The molecule has 0 fully saturated rings. The van der Waals surface area contributed by atoms with Crippen LogP contribution in [-0.4, -0.2) is 18.4 Å². The van der Waals surface area contributed by atoms with Crippen molar-refractivity contribution in [2.75, 3.05) is 6.54 Å². The molecule has 2 aromatic rings. The second-order valence-electron chi connectivity index (χ2n) is 6.49. The summed E-state index contributed by atoms with van der Waals surface area (Å²) in [7, 11) is 0. The summed E-state index contributed by atoms with van der Waals surface area (Å²) < 4.78 is 0. The Hall–Kier alpha value is -3.14. The minimum Gasteiger partial charge on any atom is -0.351 e. The quantitative estimate of drug-likeness (QED) is 0.358. The van der Waals surface area contributed by atoms with Crippen LogP contribution in [0.1, 0.15) is 48.5 Å². The molecule has 0 aromatic heterocycles. The highest BCUT2D eigenvalue weighted by atomic mass is 16.2. The molecular weight excluding hydrogens is 348 g/mol. The molecule has 0 spiro atoms. The number of benzene rings is 2. The predicted octanol–water partition coefficient (Wildman–Crippen LogP) is 4.71. The Labute approximate surface area is 167 Å². The van der Waals surface area contributed by atoms with E-state index in [1.807, 2.05) is 42.5 Å². The number of allylic oxidation sites excluding steroid dienone is 2. The zero-order valence-electron chi connectivity index (χ0n) is 16.4. The van der Waals surface area contributed by atoms with Gasteiger partial charge in [0, 0.05) is 12.1 Å². The number of rotatable bonds is 10. The topological polar surface area (TPSA) is 58.2 Å². The molecule has 0 bridgehead atoms. The molecule has 2 rings (SSSR count). The minimum absolute atomic E-state index is 0.233. The van der Waals surface area contributed by atoms with E-state index in [4.69, 9.17) is 0 Å². The normalized spacial score (nSPS) is 11.4. The molecule has 2 aromatic carbocycles. The molecule has 0 atom stereocenters. The van der Waals surface area contributed by atoms with Crippen LogP contribution in [0.3, 0.4) is 0 Å². The molecule has 146 valence electrons. The summed E-state index contributed by atoms with van der Waals surface area (Å²) in [5, 5.41) is 5.62. The third-order valence-corrected chi connectivity index (χ3v) is 4.20. The van der Waals surface area contributed by atoms with E-state index >= 15 is 0 Å². The van der Waals surface area contributed by atoms with E-state index in [0.29, 0.717) is 12.1 Å². The van der Waals surface area contributed by atoms with Gasteiger partial charge in [-0.25, -0.2) is 0 Å². The lowest BCUT2D eigenvalue weighted by Crippen LogP contribution is -2.35. The second-order valence-corrected chi connectivity index (χ2v) is 6.49. The molecule has 0 heterocycles. The zero-order valence-corrected chi connectivity index (χ0v) is 16.4. The molecule has 2 N–H and O–H groups in total. The first kappa shape index (κ1) is 21.2. The summed E-state index contributed by atoms with van der Waals surface area (Å²) in [5.41, 5.74) is 1.76. The van der Waals surface area contributed by atoms with Crippen molar-refractivity contribution < 1.29 is 9.59 Å². The standard InChI is InChI=1S/C24H28N2O2/c1-2-3-4-11-19-25-24(28)22(18-12-15-20-13-7-5-8-14-20)26-23(27)21-16-9-6-10-17-21/h5-10,12-18H,2-4,11,19H2,1H3,(H,25,28)(H,26,27)/b15-12-,22-18-. The van der Waals surface area contributed by atoms with Crippen molar-refractivity contribution in [3.63, 3.8) is 0 Å². The predicted molar refractivity (Wildman–Crippen MR) is 115 cm³/mol. The van der Waals surface area contributed by atoms with Crippen LogP contribution in [0.15, 0.2) is 78.5 Å². The zero-order chi connectivity index (χ0) is 20.0. The largest absolute Gasteiger partial charge is 0.351 e. The lowest BCUT2D eigenvalue weighted by atomic mass is 10.2. The third kappa shape index (κ3) is 7.62. The van der Waals surface area contributed by atoms with E-state index in [-0.39, 0.29) is 17.5 Å². The van der Waals surface area contributed by atoms with E-state index in [9.17, 15) is 9.59 Å². The summed E-state index contributed by atoms with van der Waals surface area (Å²) in [6.07, 6.45) is 9.62. The number of nitrogens with one attached hydrogen (secondary N) is 2. The van der Waals surface area contributed by atoms with Crippen molar-refractivity contribution in [3.05, 3.63) is 89.6 Å². The fourth-order valence-electron chi connectivity index (χ4n) is 2.63. The van der Waals surface area contributed by atoms with Gasteiger partial charge >= 0.3 is 0 Å². The van der Waals surface area contributed by atoms with Crippen LogP contribution in [-0.2, 0) is 4.79 Å². The molecule has 0 unspecified atom stereocenters. The molecule has 2 amide bonds. The van der Waals surface area contributed by atoms with Crippen molar-refractivity contribution >= 4 is 17.9 Å². The highest BCUT2D eigenvalue weighted by molar-refractivity contribution is 6.03. The van der Waals surface area contributed by atoms with E-state index < -0.39 is 0 Å². The van der Waals surface area contributed by atoms with Crippen molar-refractivity contribution in [3.8, 4) is 0 Å². The number of hydrogen-bond donors (Lipinski definition) is 2. The van der Waals surface area contributed by atoms with Gasteiger partial charge in [-0.05, 0) is 30.2 Å². The van der Waals surface area contributed by atoms with Crippen LogP contribution in [0.25, 0.3) is 6.08 Å². The molecule has 0 aliphatic heterocycles. The van der Waals surface area contributed by atoms with Crippen LogP contribution in [0.5, 0.6) is 0 Å². The fraction of sp³-hybridized carbons (Fsp3) is 0.250. The van der Waals surface area contributed by atoms with Crippen molar-refractivity contribution in [2.45, 2.75) is 32.6 Å². The average molecular weight is 377 g/mol. The molecular formula is C24H28N2O2. The van der Waals surface area contributed by atoms with E-state index in [1.165, 1.54) is 0 Å². The first-order valence-electron chi connectivity index (χ1n) is 9.78. The number of carbonyl (C=O) groups is 2. The molecule has 0 saturated carbocycles. The SMILES string of the molecule is CCCCCCNC(=O)/C(=C/C=C\c1ccccc1)NC(=O)c1ccccc1. The first-order valence-corrected chi connectivity index (χ1v) is 9.78. The molecule has 0 saturated heterocycles. The summed E-state index contributed by atoms with van der Waals surface area (Å²) in [5.74, 6) is -0.584. The van der Waals surface area contributed by atoms with Gasteiger partial charge in [-0.1, -0.05) is 86.9 Å². The summed E-state index contributed by atoms with van der Waals surface area (Å²) in [4.78, 5) is 25.0. The Bertz CT molecular complexity index is 796. The Morgan fingerprint density at radius 1 is 0.893 bits per heavy atom. The van der Waals surface area contributed by atoms with Crippen molar-refractivity contribution in [1.82, 2.24) is 10.6 Å². The molecule has 4 heteroatoms. The van der Waals surface area contributed by atoms with Gasteiger partial charge < -0.3 is 10.6 Å². The fourth-order valence-corrected chi connectivity index (χ4v) is 2.63. The second kappa shape index (κ2) is 12.3. The number of carbonyl (C=O) groups excluding carboxylic acids is 2. The lowest BCUT2D eigenvalue weighted by Gasteiger charge is -2.10. The van der Waals surface area contributed by atoms with Gasteiger partial charge in [0.25, 0.3) is 11.8 Å². The smallest absolute Gasteiger partial charge is 0.267 e. The molecule has 28 heavy (non-hydrogen) atoms. The van der Waals surface area contributed by atoms with E-state index in [1.54, 1.807) is 36.4 Å². The summed E-state index contributed by atoms with van der Waals surface area (Å²) >= 11 is 0. The maximum absolute atomic E-state index is 12.6. The molecule has 0 aliphatic carbocycles. The number of amides is 2. The van der Waals surface area contributed by atoms with Crippen molar-refractivity contribution in [2.24, 2.45) is 0 Å². The van der Waals surface area contributed by atoms with Crippen LogP contribution >= 0.6 is 0 Å². The highest BCUT2D eigenvalue weighted by Crippen LogP contribution is 2.04. The van der Waals surface area contributed by atoms with Crippen LogP contribution in [0.2, 0.25) is 0 Å². The molecule has 0 radical (unpaired) electrons. The maximum Gasteiger partial charge on any atom is 0.267 e. The minimum atomic E-state index is -0.305. The van der Waals surface area contributed by atoms with Gasteiger partial charge in [0.2, 0.25) is 0 Å². The lowest BCUT2D eigenvalue weighted by molar-refractivity contribution is -0.117.